The van der Waals surface area contributed by atoms with Gasteiger partial charge in [0.15, 0.2) is 0 Å². The van der Waals surface area contributed by atoms with Crippen LogP contribution in [0.1, 0.15) is 19.0 Å². The van der Waals surface area contributed by atoms with Crippen molar-refractivity contribution < 1.29 is 5.11 Å². The van der Waals surface area contributed by atoms with Crippen LogP contribution in [0.15, 0.2) is 28.7 Å². The van der Waals surface area contributed by atoms with Gasteiger partial charge in [-0.25, -0.2) is 4.98 Å². The van der Waals surface area contributed by atoms with Gasteiger partial charge in [0.05, 0.1) is 11.2 Å². The van der Waals surface area contributed by atoms with Crippen LogP contribution in [0, 0.1) is 0 Å². The number of pyridine rings is 1. The topological polar surface area (TPSA) is 33.1 Å². The summed E-state index contributed by atoms with van der Waals surface area (Å²) in [6.07, 6.45) is 1.80. The first-order chi connectivity index (χ1) is 7.20. The molecule has 2 nitrogen and oxygen atoms in total. The molecule has 1 N–H and O–H groups in total. The van der Waals surface area contributed by atoms with E-state index in [2.05, 4.69) is 27.8 Å². The van der Waals surface area contributed by atoms with Crippen molar-refractivity contribution in [1.29, 1.82) is 0 Å². The Morgan fingerprint density at radius 2 is 2.13 bits per heavy atom. The van der Waals surface area contributed by atoms with Crippen molar-refractivity contribution in [2.24, 2.45) is 0 Å². The molecular weight excluding hydrogens is 254 g/mol. The van der Waals surface area contributed by atoms with Crippen LogP contribution < -0.4 is 0 Å². The number of fused-ring (bicyclic) bond motifs is 1. The summed E-state index contributed by atoms with van der Waals surface area (Å²) in [5.74, 6) is 0.298. The molecule has 0 radical (unpaired) electrons. The van der Waals surface area contributed by atoms with E-state index in [1.807, 2.05) is 18.2 Å². The van der Waals surface area contributed by atoms with Gasteiger partial charge in [-0.05, 0) is 24.6 Å². The van der Waals surface area contributed by atoms with Gasteiger partial charge in [0.1, 0.15) is 5.75 Å². The Bertz CT molecular complexity index is 496. The zero-order valence-corrected chi connectivity index (χ0v) is 10.1. The standard InChI is InChI=1S/C12H12BrNO/c1-2-3-10-12(15)6-8-4-5-9(13)7-11(8)14-10/h4-7,15H,2-3H2,1H3. The molecule has 3 heteroatoms. The molecule has 0 saturated heterocycles. The van der Waals surface area contributed by atoms with E-state index >= 15 is 0 Å². The Balaban J connectivity index is 2.61. The van der Waals surface area contributed by atoms with Crippen LogP contribution in [0.2, 0.25) is 0 Å². The highest BCUT2D eigenvalue weighted by atomic mass is 79.9. The van der Waals surface area contributed by atoms with Gasteiger partial charge in [-0.2, -0.15) is 0 Å². The normalized spacial score (nSPS) is 10.8. The number of halogens is 1. The predicted octanol–water partition coefficient (Wildman–Crippen LogP) is 3.66. The quantitative estimate of drug-likeness (QED) is 0.899. The smallest absolute Gasteiger partial charge is 0.137 e. The molecule has 0 aliphatic rings. The second-order valence-electron chi connectivity index (χ2n) is 3.54. The van der Waals surface area contributed by atoms with Crippen molar-refractivity contribution in [3.8, 4) is 5.75 Å². The number of aromatic hydroxyl groups is 1. The fraction of sp³-hybridized carbons (Fsp3) is 0.250. The summed E-state index contributed by atoms with van der Waals surface area (Å²) in [7, 11) is 0. The number of nitrogens with zero attached hydrogens (tertiary/aromatic N) is 1. The minimum Gasteiger partial charge on any atom is -0.506 e. The summed E-state index contributed by atoms with van der Waals surface area (Å²) < 4.78 is 1.01. The minimum atomic E-state index is 0.298. The average Bonchev–Trinajstić information content (AvgIpc) is 2.20. The van der Waals surface area contributed by atoms with E-state index in [9.17, 15) is 5.11 Å². The Kier molecular flexibility index (Phi) is 2.91. The van der Waals surface area contributed by atoms with E-state index in [1.54, 1.807) is 6.07 Å². The third kappa shape index (κ3) is 2.12. The van der Waals surface area contributed by atoms with Gasteiger partial charge in [0.2, 0.25) is 0 Å². The monoisotopic (exact) mass is 265 g/mol. The second kappa shape index (κ2) is 4.19. The third-order valence-corrected chi connectivity index (χ3v) is 2.82. The highest BCUT2D eigenvalue weighted by Gasteiger charge is 2.04. The fourth-order valence-corrected chi connectivity index (χ4v) is 1.94. The van der Waals surface area contributed by atoms with Gasteiger partial charge in [-0.1, -0.05) is 35.3 Å². The molecule has 2 rings (SSSR count). The lowest BCUT2D eigenvalue weighted by Gasteiger charge is -2.05. The summed E-state index contributed by atoms with van der Waals surface area (Å²) in [6.45, 7) is 2.08. The Morgan fingerprint density at radius 3 is 2.87 bits per heavy atom. The maximum absolute atomic E-state index is 9.73. The molecule has 78 valence electrons. The van der Waals surface area contributed by atoms with Crippen molar-refractivity contribution >= 4 is 26.8 Å². The maximum Gasteiger partial charge on any atom is 0.137 e. The summed E-state index contributed by atoms with van der Waals surface area (Å²) in [4.78, 5) is 4.45. The maximum atomic E-state index is 9.73. The highest BCUT2D eigenvalue weighted by Crippen LogP contribution is 2.25. The first-order valence-corrected chi connectivity index (χ1v) is 5.78. The summed E-state index contributed by atoms with van der Waals surface area (Å²) in [5.41, 5.74) is 1.70. The van der Waals surface area contributed by atoms with Crippen molar-refractivity contribution in [1.82, 2.24) is 4.98 Å². The van der Waals surface area contributed by atoms with Crippen LogP contribution in [0.5, 0.6) is 5.75 Å². The third-order valence-electron chi connectivity index (χ3n) is 2.32. The molecule has 2 aromatic rings. The van der Waals surface area contributed by atoms with Crippen LogP contribution in [0.3, 0.4) is 0 Å². The van der Waals surface area contributed by atoms with E-state index in [0.717, 1.165) is 33.9 Å². The lowest BCUT2D eigenvalue weighted by Crippen LogP contribution is -1.91. The summed E-state index contributed by atoms with van der Waals surface area (Å²) in [5, 5.41) is 10.7. The van der Waals surface area contributed by atoms with E-state index in [4.69, 9.17) is 0 Å². The molecule has 0 amide bonds. The Hall–Kier alpha value is -1.09. The van der Waals surface area contributed by atoms with Crippen LogP contribution >= 0.6 is 15.9 Å². The minimum absolute atomic E-state index is 0.298. The van der Waals surface area contributed by atoms with Crippen molar-refractivity contribution in [2.45, 2.75) is 19.8 Å². The summed E-state index contributed by atoms with van der Waals surface area (Å²) in [6, 6.07) is 7.64. The molecule has 1 heterocycles. The number of rotatable bonds is 2. The van der Waals surface area contributed by atoms with Crippen LogP contribution in [-0.4, -0.2) is 10.1 Å². The van der Waals surface area contributed by atoms with E-state index in [1.165, 1.54) is 0 Å². The van der Waals surface area contributed by atoms with E-state index in [-0.39, 0.29) is 0 Å². The molecule has 0 bridgehead atoms. The Morgan fingerprint density at radius 1 is 1.33 bits per heavy atom. The van der Waals surface area contributed by atoms with Crippen molar-refractivity contribution in [3.05, 3.63) is 34.4 Å². The molecular formula is C12H12BrNO. The van der Waals surface area contributed by atoms with Crippen LogP contribution in [-0.2, 0) is 6.42 Å². The van der Waals surface area contributed by atoms with Crippen LogP contribution in [0.25, 0.3) is 10.9 Å². The Labute approximate surface area is 97.1 Å². The van der Waals surface area contributed by atoms with E-state index < -0.39 is 0 Å². The first kappa shape index (κ1) is 10.4. The van der Waals surface area contributed by atoms with Gasteiger partial charge in [0, 0.05) is 9.86 Å². The van der Waals surface area contributed by atoms with E-state index in [0.29, 0.717) is 5.75 Å². The predicted molar refractivity (Wildman–Crippen MR) is 65.1 cm³/mol. The average molecular weight is 266 g/mol. The number of aromatic nitrogens is 1. The van der Waals surface area contributed by atoms with Gasteiger partial charge in [-0.3, -0.25) is 0 Å². The number of aryl methyl sites for hydroxylation is 1. The van der Waals surface area contributed by atoms with Gasteiger partial charge >= 0.3 is 0 Å². The molecule has 0 aliphatic carbocycles. The molecule has 0 spiro atoms. The molecule has 1 aromatic carbocycles. The molecule has 0 unspecified atom stereocenters. The lowest BCUT2D eigenvalue weighted by atomic mass is 10.1. The largest absolute Gasteiger partial charge is 0.506 e. The highest BCUT2D eigenvalue weighted by molar-refractivity contribution is 9.10. The fourth-order valence-electron chi connectivity index (χ4n) is 1.59. The SMILES string of the molecule is CCCc1nc2cc(Br)ccc2cc1O. The van der Waals surface area contributed by atoms with Crippen molar-refractivity contribution in [3.63, 3.8) is 0 Å². The number of hydrogen-bond acceptors (Lipinski definition) is 2. The first-order valence-electron chi connectivity index (χ1n) is 4.99. The van der Waals surface area contributed by atoms with Gasteiger partial charge in [-0.15, -0.1) is 0 Å². The zero-order valence-electron chi connectivity index (χ0n) is 8.50. The molecule has 1 aromatic heterocycles. The molecule has 15 heavy (non-hydrogen) atoms. The molecule has 0 fully saturated rings. The van der Waals surface area contributed by atoms with Crippen molar-refractivity contribution in [2.75, 3.05) is 0 Å². The second-order valence-corrected chi connectivity index (χ2v) is 4.46. The lowest BCUT2D eigenvalue weighted by molar-refractivity contribution is 0.465. The summed E-state index contributed by atoms with van der Waals surface area (Å²) >= 11 is 3.41. The number of benzene rings is 1. The van der Waals surface area contributed by atoms with Gasteiger partial charge in [0.25, 0.3) is 0 Å². The zero-order chi connectivity index (χ0) is 10.8. The number of hydrogen-bond donors (Lipinski definition) is 1. The van der Waals surface area contributed by atoms with Gasteiger partial charge < -0.3 is 5.11 Å². The molecule has 0 atom stereocenters. The molecule has 0 aliphatic heterocycles. The molecule has 0 saturated carbocycles. The van der Waals surface area contributed by atoms with Crippen LogP contribution in [0.4, 0.5) is 0 Å².